The van der Waals surface area contributed by atoms with Crippen LogP contribution in [-0.2, 0) is 0 Å². The summed E-state index contributed by atoms with van der Waals surface area (Å²) in [5.74, 6) is 5.47. The summed E-state index contributed by atoms with van der Waals surface area (Å²) >= 11 is 0. The van der Waals surface area contributed by atoms with E-state index < -0.39 is 0 Å². The first-order valence-corrected chi connectivity index (χ1v) is 3.49. The van der Waals surface area contributed by atoms with Crippen molar-refractivity contribution < 1.29 is 0 Å². The van der Waals surface area contributed by atoms with Crippen LogP contribution in [0.1, 0.15) is 5.56 Å². The van der Waals surface area contributed by atoms with E-state index >= 15 is 0 Å². The average Bonchev–Trinajstić information content (AvgIpc) is 2.16. The number of allylic oxidation sites excluding steroid dienone is 1. The number of nitrogens with zero attached hydrogens (tertiary/aromatic N) is 1. The Morgan fingerprint density at radius 2 is 1.92 bits per heavy atom. The summed E-state index contributed by atoms with van der Waals surface area (Å²) in [6.07, 6.45) is 0. The molecular formula is C11H7N. The molecule has 0 amide bonds. The van der Waals surface area contributed by atoms with Gasteiger partial charge in [0.1, 0.15) is 6.07 Å². The van der Waals surface area contributed by atoms with Crippen molar-refractivity contribution in [1.82, 2.24) is 0 Å². The lowest BCUT2D eigenvalue weighted by Crippen LogP contribution is -1.71. The maximum absolute atomic E-state index is 8.36. The second kappa shape index (κ2) is 4.01. The Kier molecular flexibility index (Phi) is 2.71. The Morgan fingerprint density at radius 1 is 1.25 bits per heavy atom. The highest BCUT2D eigenvalue weighted by atomic mass is 14.2. The molecule has 0 heterocycles. The minimum absolute atomic E-state index is 0.291. The van der Waals surface area contributed by atoms with Crippen molar-refractivity contribution in [2.24, 2.45) is 0 Å². The SMILES string of the molecule is C=C(C#N)C#Cc1ccccc1. The minimum atomic E-state index is 0.291. The normalized spacial score (nSPS) is 7.58. The number of hydrogen-bond acceptors (Lipinski definition) is 1. The second-order valence-electron chi connectivity index (χ2n) is 2.21. The van der Waals surface area contributed by atoms with Crippen LogP contribution in [-0.4, -0.2) is 0 Å². The standard InChI is InChI=1S/C11H7N/c1-10(9-12)7-8-11-5-3-2-4-6-11/h2-6H,1H2. The van der Waals surface area contributed by atoms with E-state index in [1.54, 1.807) is 0 Å². The molecule has 0 N–H and O–H groups in total. The Hall–Kier alpha value is -1.99. The van der Waals surface area contributed by atoms with Crippen molar-refractivity contribution in [3.63, 3.8) is 0 Å². The Bertz CT molecular complexity index is 371. The first-order chi connectivity index (χ1) is 5.83. The number of nitriles is 1. The summed E-state index contributed by atoms with van der Waals surface area (Å²) in [4.78, 5) is 0. The van der Waals surface area contributed by atoms with E-state index in [0.29, 0.717) is 5.57 Å². The van der Waals surface area contributed by atoms with E-state index in [1.165, 1.54) is 0 Å². The zero-order valence-electron chi connectivity index (χ0n) is 6.54. The van der Waals surface area contributed by atoms with Crippen LogP contribution in [0, 0.1) is 23.2 Å². The van der Waals surface area contributed by atoms with Gasteiger partial charge in [0, 0.05) is 5.56 Å². The maximum Gasteiger partial charge on any atom is 0.108 e. The summed E-state index contributed by atoms with van der Waals surface area (Å²) < 4.78 is 0. The van der Waals surface area contributed by atoms with Crippen molar-refractivity contribution in [2.75, 3.05) is 0 Å². The monoisotopic (exact) mass is 153 g/mol. The molecule has 0 spiro atoms. The molecule has 1 rings (SSSR count). The van der Waals surface area contributed by atoms with Crippen LogP contribution in [0.5, 0.6) is 0 Å². The predicted molar refractivity (Wildman–Crippen MR) is 48.1 cm³/mol. The molecule has 0 unspecified atom stereocenters. The van der Waals surface area contributed by atoms with Gasteiger partial charge in [-0.15, -0.1) is 0 Å². The molecule has 0 aliphatic carbocycles. The van der Waals surface area contributed by atoms with Gasteiger partial charge in [0.15, 0.2) is 0 Å². The van der Waals surface area contributed by atoms with Crippen molar-refractivity contribution in [3.8, 4) is 17.9 Å². The van der Waals surface area contributed by atoms with Crippen molar-refractivity contribution >= 4 is 0 Å². The predicted octanol–water partition coefficient (Wildman–Crippen LogP) is 2.12. The van der Waals surface area contributed by atoms with Gasteiger partial charge in [-0.1, -0.05) is 36.6 Å². The van der Waals surface area contributed by atoms with Crippen LogP contribution in [0.2, 0.25) is 0 Å². The maximum atomic E-state index is 8.36. The lowest BCUT2D eigenvalue weighted by Gasteiger charge is -1.84. The molecule has 0 radical (unpaired) electrons. The van der Waals surface area contributed by atoms with E-state index in [0.717, 1.165) is 5.56 Å². The molecule has 0 atom stereocenters. The largest absolute Gasteiger partial charge is 0.192 e. The Balaban J connectivity index is 2.82. The van der Waals surface area contributed by atoms with E-state index in [9.17, 15) is 0 Å². The molecule has 1 aromatic carbocycles. The first kappa shape index (κ1) is 8.11. The molecular weight excluding hydrogens is 146 g/mol. The molecule has 0 saturated carbocycles. The number of hydrogen-bond donors (Lipinski definition) is 0. The zero-order valence-corrected chi connectivity index (χ0v) is 6.54. The molecule has 0 aliphatic heterocycles. The van der Waals surface area contributed by atoms with Gasteiger partial charge in [-0.3, -0.25) is 0 Å². The van der Waals surface area contributed by atoms with Gasteiger partial charge in [-0.2, -0.15) is 5.26 Å². The molecule has 12 heavy (non-hydrogen) atoms. The Morgan fingerprint density at radius 3 is 2.50 bits per heavy atom. The van der Waals surface area contributed by atoms with Crippen molar-refractivity contribution in [2.45, 2.75) is 0 Å². The van der Waals surface area contributed by atoms with Crippen LogP contribution >= 0.6 is 0 Å². The van der Waals surface area contributed by atoms with Crippen LogP contribution in [0.15, 0.2) is 42.5 Å². The number of rotatable bonds is 0. The topological polar surface area (TPSA) is 23.8 Å². The molecule has 0 aliphatic rings. The minimum Gasteiger partial charge on any atom is -0.192 e. The van der Waals surface area contributed by atoms with Crippen LogP contribution in [0.4, 0.5) is 0 Å². The zero-order chi connectivity index (χ0) is 8.81. The highest BCUT2D eigenvalue weighted by molar-refractivity contribution is 5.44. The molecule has 1 nitrogen and oxygen atoms in total. The van der Waals surface area contributed by atoms with Crippen molar-refractivity contribution in [3.05, 3.63) is 48.0 Å². The van der Waals surface area contributed by atoms with Gasteiger partial charge in [-0.25, -0.2) is 0 Å². The fraction of sp³-hybridized carbons (Fsp3) is 0. The highest BCUT2D eigenvalue weighted by Crippen LogP contribution is 1.95. The average molecular weight is 153 g/mol. The van der Waals surface area contributed by atoms with Crippen LogP contribution in [0.25, 0.3) is 0 Å². The van der Waals surface area contributed by atoms with Gasteiger partial charge in [0.2, 0.25) is 0 Å². The van der Waals surface area contributed by atoms with Crippen LogP contribution < -0.4 is 0 Å². The second-order valence-corrected chi connectivity index (χ2v) is 2.21. The summed E-state index contributed by atoms with van der Waals surface area (Å²) in [5, 5.41) is 8.36. The van der Waals surface area contributed by atoms with Gasteiger partial charge in [-0.05, 0) is 12.1 Å². The highest BCUT2D eigenvalue weighted by Gasteiger charge is 1.82. The van der Waals surface area contributed by atoms with Gasteiger partial charge in [0.25, 0.3) is 0 Å². The Labute approximate surface area is 72.0 Å². The van der Waals surface area contributed by atoms with E-state index in [-0.39, 0.29) is 0 Å². The molecule has 56 valence electrons. The first-order valence-electron chi connectivity index (χ1n) is 3.49. The smallest absolute Gasteiger partial charge is 0.108 e. The quantitative estimate of drug-likeness (QED) is 0.413. The molecule has 0 fully saturated rings. The molecule has 1 heteroatoms. The van der Waals surface area contributed by atoms with Gasteiger partial charge in [0.05, 0.1) is 5.57 Å². The molecule has 0 bridgehead atoms. The molecule has 1 aromatic rings. The van der Waals surface area contributed by atoms with Gasteiger partial charge < -0.3 is 0 Å². The molecule has 0 aromatic heterocycles. The van der Waals surface area contributed by atoms with Crippen molar-refractivity contribution in [1.29, 1.82) is 5.26 Å². The summed E-state index contributed by atoms with van der Waals surface area (Å²) in [6.45, 7) is 3.45. The fourth-order valence-electron chi connectivity index (χ4n) is 0.697. The summed E-state index contributed by atoms with van der Waals surface area (Å²) in [6, 6.07) is 11.4. The fourth-order valence-corrected chi connectivity index (χ4v) is 0.697. The van der Waals surface area contributed by atoms with Crippen LogP contribution in [0.3, 0.4) is 0 Å². The van der Waals surface area contributed by atoms with E-state index in [2.05, 4.69) is 18.4 Å². The van der Waals surface area contributed by atoms with Gasteiger partial charge >= 0.3 is 0 Å². The third-order valence-electron chi connectivity index (χ3n) is 1.27. The van der Waals surface area contributed by atoms with E-state index in [4.69, 9.17) is 5.26 Å². The summed E-state index contributed by atoms with van der Waals surface area (Å²) in [7, 11) is 0. The van der Waals surface area contributed by atoms with E-state index in [1.807, 2.05) is 36.4 Å². The third kappa shape index (κ3) is 2.33. The third-order valence-corrected chi connectivity index (χ3v) is 1.27. The number of benzene rings is 1. The molecule has 0 saturated heterocycles. The lowest BCUT2D eigenvalue weighted by atomic mass is 10.2. The summed E-state index contributed by atoms with van der Waals surface area (Å²) in [5.41, 5.74) is 1.19. The lowest BCUT2D eigenvalue weighted by molar-refractivity contribution is 1.52.